The highest BCUT2D eigenvalue weighted by atomic mass is 35.5. The molecule has 0 aliphatic heterocycles. The van der Waals surface area contributed by atoms with Crippen molar-refractivity contribution in [2.24, 2.45) is 5.92 Å². The minimum atomic E-state index is -0.418. The van der Waals surface area contributed by atoms with E-state index in [0.717, 1.165) is 12.1 Å². The zero-order valence-electron chi connectivity index (χ0n) is 10.7. The fraction of sp³-hybridized carbons (Fsp3) is 0.500. The van der Waals surface area contributed by atoms with Gasteiger partial charge in [0.2, 0.25) is 5.95 Å². The van der Waals surface area contributed by atoms with Gasteiger partial charge in [-0.25, -0.2) is 9.37 Å². The van der Waals surface area contributed by atoms with E-state index in [9.17, 15) is 4.39 Å². The first kappa shape index (κ1) is 12.7. The summed E-state index contributed by atoms with van der Waals surface area (Å²) in [7, 11) is 0. The van der Waals surface area contributed by atoms with Gasteiger partial charge in [-0.15, -0.1) is 0 Å². The van der Waals surface area contributed by atoms with Crippen LogP contribution in [0.1, 0.15) is 32.1 Å². The summed E-state index contributed by atoms with van der Waals surface area (Å²) in [4.78, 5) is 4.27. The molecule has 1 heterocycles. The summed E-state index contributed by atoms with van der Waals surface area (Å²) < 4.78 is 15.5. The molecule has 2 N–H and O–H groups in total. The second-order valence-electron chi connectivity index (χ2n) is 5.34. The molecule has 19 heavy (non-hydrogen) atoms. The Bertz CT molecular complexity index is 602. The van der Waals surface area contributed by atoms with Gasteiger partial charge in [0.05, 0.1) is 16.1 Å². The molecule has 1 aliphatic carbocycles. The lowest BCUT2D eigenvalue weighted by Gasteiger charge is -2.22. The van der Waals surface area contributed by atoms with Crippen LogP contribution >= 0.6 is 11.6 Å². The largest absolute Gasteiger partial charge is 0.369 e. The Hall–Kier alpha value is -1.29. The van der Waals surface area contributed by atoms with Gasteiger partial charge in [-0.05, 0) is 24.8 Å². The summed E-state index contributed by atoms with van der Waals surface area (Å²) in [5, 5.41) is 0.0924. The Morgan fingerprint density at radius 2 is 2.05 bits per heavy atom. The number of imidazole rings is 1. The van der Waals surface area contributed by atoms with Gasteiger partial charge in [-0.1, -0.05) is 30.9 Å². The van der Waals surface area contributed by atoms with E-state index in [2.05, 4.69) is 4.98 Å². The van der Waals surface area contributed by atoms with Crippen LogP contribution in [0.4, 0.5) is 10.3 Å². The van der Waals surface area contributed by atoms with Crippen molar-refractivity contribution in [3.05, 3.63) is 23.0 Å². The van der Waals surface area contributed by atoms with Crippen molar-refractivity contribution in [3.63, 3.8) is 0 Å². The minimum Gasteiger partial charge on any atom is -0.369 e. The van der Waals surface area contributed by atoms with Crippen molar-refractivity contribution < 1.29 is 4.39 Å². The van der Waals surface area contributed by atoms with Crippen molar-refractivity contribution in [2.45, 2.75) is 38.6 Å². The Balaban J connectivity index is 1.97. The number of halogens is 2. The molecule has 3 nitrogen and oxygen atoms in total. The number of aromatic nitrogens is 2. The monoisotopic (exact) mass is 281 g/mol. The van der Waals surface area contributed by atoms with E-state index in [1.54, 1.807) is 6.07 Å². The van der Waals surface area contributed by atoms with E-state index in [1.807, 2.05) is 4.57 Å². The molecule has 1 saturated carbocycles. The number of benzene rings is 1. The minimum absolute atomic E-state index is 0.0924. The smallest absolute Gasteiger partial charge is 0.201 e. The van der Waals surface area contributed by atoms with Crippen molar-refractivity contribution in [1.29, 1.82) is 0 Å². The first-order valence-corrected chi connectivity index (χ1v) is 7.13. The number of nitrogens with two attached hydrogens (primary N) is 1. The first-order valence-electron chi connectivity index (χ1n) is 6.76. The molecule has 0 spiro atoms. The highest BCUT2D eigenvalue weighted by Crippen LogP contribution is 2.29. The molecule has 1 aromatic heterocycles. The Labute approximate surface area is 116 Å². The van der Waals surface area contributed by atoms with Gasteiger partial charge in [0, 0.05) is 12.6 Å². The van der Waals surface area contributed by atoms with Crippen LogP contribution in [-0.2, 0) is 6.54 Å². The molecule has 0 radical (unpaired) electrons. The number of anilines is 1. The number of nitrogens with zero attached hydrogens (tertiary/aromatic N) is 2. The molecule has 1 aliphatic rings. The first-order chi connectivity index (χ1) is 9.15. The average Bonchev–Trinajstić information content (AvgIpc) is 2.68. The lowest BCUT2D eigenvalue weighted by molar-refractivity contribution is 0.323. The molecular formula is C14H17ClFN3. The predicted molar refractivity (Wildman–Crippen MR) is 75.7 cm³/mol. The average molecular weight is 282 g/mol. The summed E-state index contributed by atoms with van der Waals surface area (Å²) >= 11 is 5.78. The third-order valence-electron chi connectivity index (χ3n) is 3.99. The Kier molecular flexibility index (Phi) is 3.35. The highest BCUT2D eigenvalue weighted by Gasteiger charge is 2.18. The second-order valence-corrected chi connectivity index (χ2v) is 5.75. The summed E-state index contributed by atoms with van der Waals surface area (Å²) in [6.07, 6.45) is 6.31. The van der Waals surface area contributed by atoms with Gasteiger partial charge >= 0.3 is 0 Å². The summed E-state index contributed by atoms with van der Waals surface area (Å²) in [5.74, 6) is 0.647. The van der Waals surface area contributed by atoms with Crippen molar-refractivity contribution in [3.8, 4) is 0 Å². The van der Waals surface area contributed by atoms with Gasteiger partial charge < -0.3 is 10.3 Å². The fourth-order valence-electron chi connectivity index (χ4n) is 2.96. The van der Waals surface area contributed by atoms with Crippen LogP contribution in [0.5, 0.6) is 0 Å². The van der Waals surface area contributed by atoms with Crippen LogP contribution in [0, 0.1) is 11.7 Å². The van der Waals surface area contributed by atoms with E-state index < -0.39 is 5.82 Å². The molecule has 5 heteroatoms. The zero-order chi connectivity index (χ0) is 13.4. The van der Waals surface area contributed by atoms with Crippen LogP contribution in [-0.4, -0.2) is 9.55 Å². The Morgan fingerprint density at radius 3 is 2.79 bits per heavy atom. The van der Waals surface area contributed by atoms with Crippen molar-refractivity contribution >= 4 is 28.6 Å². The zero-order valence-corrected chi connectivity index (χ0v) is 11.5. The van der Waals surface area contributed by atoms with E-state index in [4.69, 9.17) is 17.3 Å². The summed E-state index contributed by atoms with van der Waals surface area (Å²) in [5.41, 5.74) is 7.36. The highest BCUT2D eigenvalue weighted by molar-refractivity contribution is 6.31. The van der Waals surface area contributed by atoms with Crippen LogP contribution in [0.2, 0.25) is 5.02 Å². The summed E-state index contributed by atoms with van der Waals surface area (Å²) in [6.45, 7) is 0.823. The SMILES string of the molecule is Nc1nc2cc(Cl)c(F)cc2n1CC1CCCCC1. The van der Waals surface area contributed by atoms with E-state index >= 15 is 0 Å². The van der Waals surface area contributed by atoms with Crippen LogP contribution in [0.25, 0.3) is 11.0 Å². The number of hydrogen-bond donors (Lipinski definition) is 1. The molecule has 102 valence electrons. The molecule has 0 bridgehead atoms. The molecule has 0 unspecified atom stereocenters. The van der Waals surface area contributed by atoms with Crippen molar-refractivity contribution in [1.82, 2.24) is 9.55 Å². The third kappa shape index (κ3) is 2.41. The van der Waals surface area contributed by atoms with Crippen LogP contribution < -0.4 is 5.73 Å². The van der Waals surface area contributed by atoms with E-state index in [-0.39, 0.29) is 5.02 Å². The number of fused-ring (bicyclic) bond motifs is 1. The summed E-state index contributed by atoms with van der Waals surface area (Å²) in [6, 6.07) is 2.98. The van der Waals surface area contributed by atoms with Crippen LogP contribution in [0.15, 0.2) is 12.1 Å². The molecule has 2 aromatic rings. The molecule has 3 rings (SSSR count). The fourth-order valence-corrected chi connectivity index (χ4v) is 3.12. The van der Waals surface area contributed by atoms with Crippen molar-refractivity contribution in [2.75, 3.05) is 5.73 Å². The second kappa shape index (κ2) is 5.00. The van der Waals surface area contributed by atoms with Gasteiger partial charge in [0.25, 0.3) is 0 Å². The Morgan fingerprint density at radius 1 is 1.32 bits per heavy atom. The number of rotatable bonds is 2. The molecule has 1 aromatic carbocycles. The maximum absolute atomic E-state index is 13.6. The number of hydrogen-bond acceptors (Lipinski definition) is 2. The van der Waals surface area contributed by atoms with Crippen LogP contribution in [0.3, 0.4) is 0 Å². The van der Waals surface area contributed by atoms with E-state index in [1.165, 1.54) is 38.2 Å². The maximum Gasteiger partial charge on any atom is 0.201 e. The normalized spacial score (nSPS) is 17.2. The molecule has 0 amide bonds. The topological polar surface area (TPSA) is 43.8 Å². The molecular weight excluding hydrogens is 265 g/mol. The lowest BCUT2D eigenvalue weighted by atomic mass is 9.89. The third-order valence-corrected chi connectivity index (χ3v) is 4.27. The number of nitrogen functional groups attached to an aromatic ring is 1. The molecule has 0 saturated heterocycles. The van der Waals surface area contributed by atoms with Gasteiger partial charge in [-0.2, -0.15) is 0 Å². The van der Waals surface area contributed by atoms with Gasteiger partial charge in [0.1, 0.15) is 5.82 Å². The quantitative estimate of drug-likeness (QED) is 0.904. The standard InChI is InChI=1S/C14H17ClFN3/c15-10-6-12-13(7-11(10)16)19(14(17)18-12)8-9-4-2-1-3-5-9/h6-7,9H,1-5,8H2,(H2,17,18). The van der Waals surface area contributed by atoms with Gasteiger partial charge in [-0.3, -0.25) is 0 Å². The molecule has 1 fully saturated rings. The maximum atomic E-state index is 13.6. The van der Waals surface area contributed by atoms with E-state index in [0.29, 0.717) is 17.4 Å². The lowest BCUT2D eigenvalue weighted by Crippen LogP contribution is -2.15. The predicted octanol–water partition coefficient (Wildman–Crippen LogP) is 3.99. The van der Waals surface area contributed by atoms with Gasteiger partial charge in [0.15, 0.2) is 0 Å². The molecule has 0 atom stereocenters.